The van der Waals surface area contributed by atoms with Crippen molar-refractivity contribution in [3.63, 3.8) is 0 Å². The van der Waals surface area contributed by atoms with Crippen molar-refractivity contribution < 1.29 is 24.6 Å². The summed E-state index contributed by atoms with van der Waals surface area (Å²) in [5.74, 6) is 1.94. The van der Waals surface area contributed by atoms with E-state index in [-0.39, 0.29) is 35.0 Å². The van der Waals surface area contributed by atoms with Gasteiger partial charge in [0.25, 0.3) is 5.91 Å². The van der Waals surface area contributed by atoms with E-state index in [0.29, 0.717) is 49.5 Å². The molecule has 2 aliphatic heterocycles. The Bertz CT molecular complexity index is 1000. The summed E-state index contributed by atoms with van der Waals surface area (Å²) in [4.78, 5) is 37.6. The number of hydrogen-bond acceptors (Lipinski definition) is 5. The van der Waals surface area contributed by atoms with Crippen molar-refractivity contribution in [1.29, 1.82) is 0 Å². The Hall–Kier alpha value is -2.41. The maximum Gasteiger partial charge on any atom is 0.259 e. The van der Waals surface area contributed by atoms with Gasteiger partial charge in [-0.25, -0.2) is 0 Å². The molecule has 7 heteroatoms. The molecule has 5 aliphatic rings. The number of fused-ring (bicyclic) bond motifs is 7. The van der Waals surface area contributed by atoms with Crippen molar-refractivity contribution in [3.8, 4) is 0 Å². The lowest BCUT2D eigenvalue weighted by molar-refractivity contribution is -0.118. The summed E-state index contributed by atoms with van der Waals surface area (Å²) in [6.45, 7) is 5.05. The van der Waals surface area contributed by atoms with Gasteiger partial charge in [-0.15, -0.1) is 0 Å². The highest BCUT2D eigenvalue weighted by Gasteiger charge is 2.57. The van der Waals surface area contributed by atoms with E-state index in [0.717, 1.165) is 18.8 Å². The van der Waals surface area contributed by atoms with Crippen LogP contribution in [0.3, 0.4) is 0 Å². The topological polar surface area (TPSA) is 116 Å². The molecular formula is C29H40N2O5. The summed E-state index contributed by atoms with van der Waals surface area (Å²) in [5.41, 5.74) is -0.187. The van der Waals surface area contributed by atoms with Crippen molar-refractivity contribution in [2.75, 3.05) is 6.54 Å². The van der Waals surface area contributed by atoms with Gasteiger partial charge in [-0.05, 0) is 98.0 Å². The molecule has 2 amide bonds. The first kappa shape index (κ1) is 25.2. The van der Waals surface area contributed by atoms with Crippen LogP contribution in [0.5, 0.6) is 0 Å². The summed E-state index contributed by atoms with van der Waals surface area (Å²) in [6.07, 6.45) is 12.3. The van der Waals surface area contributed by atoms with Crippen LogP contribution in [0.25, 0.3) is 0 Å². The molecule has 3 saturated carbocycles. The molecule has 4 N–H and O–H groups in total. The van der Waals surface area contributed by atoms with Crippen molar-refractivity contribution >= 4 is 17.6 Å². The highest BCUT2D eigenvalue weighted by molar-refractivity contribution is 6.27. The fourth-order valence-electron chi connectivity index (χ4n) is 8.49. The Labute approximate surface area is 213 Å². The third-order valence-corrected chi connectivity index (χ3v) is 10.1. The van der Waals surface area contributed by atoms with E-state index in [1.54, 1.807) is 6.08 Å². The number of carbonyl (C=O) groups excluding carboxylic acids is 3. The van der Waals surface area contributed by atoms with Crippen molar-refractivity contribution in [1.82, 2.24) is 10.6 Å². The Balaban J connectivity index is 1.46. The first-order valence-corrected chi connectivity index (χ1v) is 13.9. The molecule has 1 saturated heterocycles. The third kappa shape index (κ3) is 4.44. The zero-order chi connectivity index (χ0) is 25.6. The van der Waals surface area contributed by atoms with Gasteiger partial charge in [0.1, 0.15) is 11.3 Å². The molecule has 4 fully saturated rings. The van der Waals surface area contributed by atoms with Crippen LogP contribution in [0.2, 0.25) is 0 Å². The van der Waals surface area contributed by atoms with Crippen LogP contribution >= 0.6 is 0 Å². The van der Waals surface area contributed by atoms with Gasteiger partial charge >= 0.3 is 0 Å². The number of aliphatic hydroxyl groups is 2. The van der Waals surface area contributed by atoms with Crippen LogP contribution < -0.4 is 10.6 Å². The number of nitrogens with one attached hydrogen (secondary N) is 2. The van der Waals surface area contributed by atoms with Gasteiger partial charge in [0, 0.05) is 6.54 Å². The standard InChI is InChI=1S/C29H40N2O5/c1-3-16-12-18-13-20-19-6-4-8-24(34)30-11-5-7-21-28(35)27(29(36)31-21)22(32)10-9-17(19)14-23(33)26(20)25(18)15(16)2/h4,8-10,15-21,23,25-26,32-33H,3,5-7,11-14H2,1-2H3,(H,30,34)(H,31,36)/b8-4-,10-9+,27-22?/t15-,16?,17+,18+,19-,20+,21+,23-,25+,26-/m1/s1. The van der Waals surface area contributed by atoms with E-state index in [9.17, 15) is 24.6 Å². The van der Waals surface area contributed by atoms with Gasteiger partial charge < -0.3 is 20.8 Å². The Morgan fingerprint density at radius 1 is 1.06 bits per heavy atom. The maximum atomic E-state index is 12.8. The van der Waals surface area contributed by atoms with Crippen molar-refractivity contribution in [3.05, 3.63) is 35.6 Å². The minimum absolute atomic E-state index is 0.0175. The highest BCUT2D eigenvalue weighted by atomic mass is 16.3. The van der Waals surface area contributed by atoms with Crippen LogP contribution in [0.15, 0.2) is 35.6 Å². The van der Waals surface area contributed by atoms with Gasteiger partial charge in [-0.3, -0.25) is 14.4 Å². The van der Waals surface area contributed by atoms with Gasteiger partial charge in [0.2, 0.25) is 5.91 Å². The van der Waals surface area contributed by atoms with Crippen LogP contribution in [0.1, 0.15) is 58.8 Å². The monoisotopic (exact) mass is 496 g/mol. The third-order valence-electron chi connectivity index (χ3n) is 10.1. The van der Waals surface area contributed by atoms with Gasteiger partial charge in [0.15, 0.2) is 5.78 Å². The van der Waals surface area contributed by atoms with Crippen LogP contribution in [0, 0.1) is 47.3 Å². The largest absolute Gasteiger partial charge is 0.507 e. The summed E-state index contributed by atoms with van der Waals surface area (Å²) in [6, 6.07) is -0.680. The van der Waals surface area contributed by atoms with Gasteiger partial charge in [-0.1, -0.05) is 32.4 Å². The number of amides is 2. The van der Waals surface area contributed by atoms with Gasteiger partial charge in [0.05, 0.1) is 12.1 Å². The highest BCUT2D eigenvalue weighted by Crippen LogP contribution is 2.62. The number of allylic oxidation sites excluding steroid dienone is 3. The number of aliphatic hydroxyl groups excluding tert-OH is 2. The average molecular weight is 497 g/mol. The SMILES string of the molecule is CCC1C[C@H]2C[C@H]3[C@@H]4C/C=C\C(=O)NCCC[C@@H]5NC(=O)C(=C(O)/C=C/[C@H]4C[C@@H](O)[C@@H]3[C@H]2[C@@H]1C)C5=O. The molecule has 0 aromatic heterocycles. The zero-order valence-corrected chi connectivity index (χ0v) is 21.4. The second kappa shape index (κ2) is 10.2. The molecule has 0 spiro atoms. The molecule has 10 atom stereocenters. The first-order chi connectivity index (χ1) is 17.3. The zero-order valence-electron chi connectivity index (χ0n) is 21.4. The molecule has 1 unspecified atom stereocenters. The van der Waals surface area contributed by atoms with Gasteiger partial charge in [-0.2, -0.15) is 0 Å². The van der Waals surface area contributed by atoms with Crippen LogP contribution in [0.4, 0.5) is 0 Å². The second-order valence-electron chi connectivity index (χ2n) is 11.8. The molecule has 196 valence electrons. The normalized spacial score (nSPS) is 44.9. The molecule has 5 rings (SSSR count). The molecular weight excluding hydrogens is 456 g/mol. The Kier molecular flexibility index (Phi) is 7.12. The quantitative estimate of drug-likeness (QED) is 0.416. The number of rotatable bonds is 1. The van der Waals surface area contributed by atoms with Crippen LogP contribution in [-0.4, -0.2) is 46.5 Å². The van der Waals surface area contributed by atoms with Crippen molar-refractivity contribution in [2.45, 2.75) is 70.9 Å². The molecule has 36 heavy (non-hydrogen) atoms. The minimum Gasteiger partial charge on any atom is -0.507 e. The minimum atomic E-state index is -0.680. The Morgan fingerprint density at radius 3 is 2.64 bits per heavy atom. The Morgan fingerprint density at radius 2 is 1.86 bits per heavy atom. The molecule has 0 radical (unpaired) electrons. The van der Waals surface area contributed by atoms with E-state index in [2.05, 4.69) is 24.5 Å². The number of ketones is 1. The van der Waals surface area contributed by atoms with E-state index in [1.165, 1.54) is 18.9 Å². The van der Waals surface area contributed by atoms with E-state index in [1.807, 2.05) is 12.2 Å². The predicted octanol–water partition coefficient (Wildman–Crippen LogP) is 3.21. The summed E-state index contributed by atoms with van der Waals surface area (Å²) in [5, 5.41) is 27.6. The lowest BCUT2D eigenvalue weighted by Gasteiger charge is -2.44. The fourth-order valence-corrected chi connectivity index (χ4v) is 8.49. The first-order valence-electron chi connectivity index (χ1n) is 13.9. The molecule has 0 aromatic carbocycles. The second-order valence-corrected chi connectivity index (χ2v) is 11.8. The molecule has 7 nitrogen and oxygen atoms in total. The summed E-state index contributed by atoms with van der Waals surface area (Å²) in [7, 11) is 0. The lowest BCUT2D eigenvalue weighted by atomic mass is 9.62. The summed E-state index contributed by atoms with van der Waals surface area (Å²) >= 11 is 0. The molecule has 2 bridgehead atoms. The lowest BCUT2D eigenvalue weighted by Crippen LogP contribution is -2.43. The van der Waals surface area contributed by atoms with Crippen LogP contribution in [-0.2, 0) is 14.4 Å². The number of Topliss-reactive ketones (excluding diaryl/α,β-unsaturated/α-hetero) is 1. The fraction of sp³-hybridized carbons (Fsp3) is 0.690. The predicted molar refractivity (Wildman–Crippen MR) is 135 cm³/mol. The smallest absolute Gasteiger partial charge is 0.259 e. The van der Waals surface area contributed by atoms with Crippen molar-refractivity contribution in [2.24, 2.45) is 47.3 Å². The molecule has 3 aliphatic carbocycles. The molecule has 0 aromatic rings. The maximum absolute atomic E-state index is 12.8. The van der Waals surface area contributed by atoms with E-state index in [4.69, 9.17) is 0 Å². The van der Waals surface area contributed by atoms with E-state index < -0.39 is 23.8 Å². The number of carbonyl (C=O) groups is 3. The average Bonchev–Trinajstić information content (AvgIpc) is 3.46. The van der Waals surface area contributed by atoms with E-state index >= 15 is 0 Å². The number of hydrogen-bond donors (Lipinski definition) is 4. The summed E-state index contributed by atoms with van der Waals surface area (Å²) < 4.78 is 0. The molecule has 2 heterocycles.